The number of thioether (sulfide) groups is 1. The molecule has 3 saturated heterocycles. The third kappa shape index (κ3) is 3.45. The molecule has 1 unspecified atom stereocenters. The van der Waals surface area contributed by atoms with E-state index in [0.717, 1.165) is 32.4 Å². The first-order valence-electron chi connectivity index (χ1n) is 10.5. The van der Waals surface area contributed by atoms with E-state index in [2.05, 4.69) is 17.0 Å². The van der Waals surface area contributed by atoms with Crippen molar-refractivity contribution in [1.29, 1.82) is 0 Å². The highest BCUT2D eigenvalue weighted by molar-refractivity contribution is 7.99. The number of carbonyl (C=O) groups excluding carboxylic acids is 2. The quantitative estimate of drug-likeness (QED) is 0.711. The van der Waals surface area contributed by atoms with Crippen LogP contribution in [0.2, 0.25) is 0 Å². The fourth-order valence-corrected chi connectivity index (χ4v) is 6.20. The van der Waals surface area contributed by atoms with Gasteiger partial charge in [0, 0.05) is 37.5 Å². The summed E-state index contributed by atoms with van der Waals surface area (Å²) in [4.78, 5) is 32.6. The number of nitrogens with zero attached hydrogens (tertiary/aromatic N) is 3. The number of imide groups is 1. The maximum Gasteiger partial charge on any atom is 0.327 e. The van der Waals surface area contributed by atoms with Gasteiger partial charge in [0.25, 0.3) is 5.91 Å². The molecule has 3 fully saturated rings. The second kappa shape index (κ2) is 8.07. The summed E-state index contributed by atoms with van der Waals surface area (Å²) in [6.07, 6.45) is 3.56. The van der Waals surface area contributed by atoms with Gasteiger partial charge in [0.05, 0.1) is 0 Å². The molecule has 3 aliphatic rings. The van der Waals surface area contributed by atoms with Crippen molar-refractivity contribution >= 4 is 23.7 Å². The summed E-state index contributed by atoms with van der Waals surface area (Å²) in [5.41, 5.74) is 0.569. The van der Waals surface area contributed by atoms with E-state index in [1.165, 1.54) is 28.4 Å². The summed E-state index contributed by atoms with van der Waals surface area (Å²) in [6.45, 7) is 6.32. The Bertz CT molecular complexity index is 710. The molecule has 6 heteroatoms. The Hall–Kier alpha value is -1.53. The van der Waals surface area contributed by atoms with Gasteiger partial charge in [0.1, 0.15) is 5.54 Å². The van der Waals surface area contributed by atoms with Gasteiger partial charge in [-0.15, -0.1) is 0 Å². The number of carbonyl (C=O) groups is 2. The van der Waals surface area contributed by atoms with E-state index in [4.69, 9.17) is 0 Å². The molecule has 152 valence electrons. The number of rotatable bonds is 5. The van der Waals surface area contributed by atoms with Gasteiger partial charge in [-0.1, -0.05) is 30.3 Å². The van der Waals surface area contributed by atoms with Crippen molar-refractivity contribution in [2.75, 3.05) is 31.1 Å². The van der Waals surface area contributed by atoms with Gasteiger partial charge in [-0.25, -0.2) is 4.79 Å². The molecule has 1 spiro atoms. The molecule has 1 aromatic carbocycles. The Morgan fingerprint density at radius 1 is 1.14 bits per heavy atom. The van der Waals surface area contributed by atoms with E-state index >= 15 is 0 Å². The van der Waals surface area contributed by atoms with Gasteiger partial charge >= 0.3 is 6.03 Å². The maximum atomic E-state index is 13.4. The average molecular weight is 402 g/mol. The van der Waals surface area contributed by atoms with Gasteiger partial charge < -0.3 is 4.90 Å². The van der Waals surface area contributed by atoms with Crippen molar-refractivity contribution in [3.63, 3.8) is 0 Å². The fraction of sp³-hybridized carbons (Fsp3) is 0.636. The summed E-state index contributed by atoms with van der Waals surface area (Å²) in [7, 11) is 0. The van der Waals surface area contributed by atoms with E-state index in [1.807, 2.05) is 48.7 Å². The first-order valence-corrected chi connectivity index (χ1v) is 11.7. The highest BCUT2D eigenvalue weighted by atomic mass is 32.2. The Kier molecular flexibility index (Phi) is 5.70. The van der Waals surface area contributed by atoms with Crippen LogP contribution in [0.4, 0.5) is 4.79 Å². The molecular formula is C22H31N3O2S. The van der Waals surface area contributed by atoms with Crippen molar-refractivity contribution in [3.05, 3.63) is 35.9 Å². The Morgan fingerprint density at radius 2 is 1.86 bits per heavy atom. The second-order valence-electron chi connectivity index (χ2n) is 8.52. The van der Waals surface area contributed by atoms with Gasteiger partial charge in [-0.05, 0) is 50.8 Å². The van der Waals surface area contributed by atoms with Crippen LogP contribution in [0, 0.1) is 0 Å². The third-order valence-electron chi connectivity index (χ3n) is 6.60. The summed E-state index contributed by atoms with van der Waals surface area (Å²) in [5, 5.41) is 0. The van der Waals surface area contributed by atoms with Crippen LogP contribution in [0.5, 0.6) is 0 Å². The van der Waals surface area contributed by atoms with E-state index in [9.17, 15) is 9.59 Å². The minimum absolute atomic E-state index is 0.0287. The Labute approximate surface area is 172 Å². The molecule has 4 rings (SSSR count). The van der Waals surface area contributed by atoms with E-state index in [1.54, 1.807) is 0 Å². The largest absolute Gasteiger partial charge is 0.327 e. The number of hydrogen-bond donors (Lipinski definition) is 0. The second-order valence-corrected chi connectivity index (χ2v) is 9.67. The van der Waals surface area contributed by atoms with Crippen LogP contribution < -0.4 is 0 Å². The van der Waals surface area contributed by atoms with E-state index in [-0.39, 0.29) is 18.0 Å². The third-order valence-corrected chi connectivity index (χ3v) is 7.75. The summed E-state index contributed by atoms with van der Waals surface area (Å²) in [6, 6.07) is 10.7. The van der Waals surface area contributed by atoms with Crippen molar-refractivity contribution < 1.29 is 9.59 Å². The summed E-state index contributed by atoms with van der Waals surface area (Å²) in [5.74, 6) is 2.48. The predicted octanol–water partition coefficient (Wildman–Crippen LogP) is 3.24. The number of urea groups is 1. The fourth-order valence-electron chi connectivity index (χ4n) is 4.94. The molecule has 28 heavy (non-hydrogen) atoms. The highest BCUT2D eigenvalue weighted by Crippen LogP contribution is 2.39. The zero-order valence-corrected chi connectivity index (χ0v) is 17.8. The van der Waals surface area contributed by atoms with Crippen LogP contribution in [0.15, 0.2) is 30.3 Å². The van der Waals surface area contributed by atoms with Crippen molar-refractivity contribution in [1.82, 2.24) is 14.7 Å². The lowest BCUT2D eigenvalue weighted by Crippen LogP contribution is -2.58. The molecule has 0 bridgehead atoms. The van der Waals surface area contributed by atoms with Crippen molar-refractivity contribution in [3.8, 4) is 0 Å². The molecular weight excluding hydrogens is 370 g/mol. The van der Waals surface area contributed by atoms with Gasteiger partial charge in [0.15, 0.2) is 0 Å². The van der Waals surface area contributed by atoms with E-state index in [0.29, 0.717) is 12.6 Å². The van der Waals surface area contributed by atoms with Crippen LogP contribution in [0.1, 0.15) is 38.7 Å². The normalized spacial score (nSPS) is 25.5. The van der Waals surface area contributed by atoms with Crippen molar-refractivity contribution in [2.24, 2.45) is 0 Å². The minimum Gasteiger partial charge on any atom is -0.309 e. The van der Waals surface area contributed by atoms with Gasteiger partial charge in [-0.3, -0.25) is 14.6 Å². The molecule has 1 atom stereocenters. The van der Waals surface area contributed by atoms with Crippen LogP contribution in [0.25, 0.3) is 0 Å². The van der Waals surface area contributed by atoms with Crippen LogP contribution in [0.3, 0.4) is 0 Å². The number of benzene rings is 1. The van der Waals surface area contributed by atoms with E-state index < -0.39 is 5.54 Å². The van der Waals surface area contributed by atoms with Crippen LogP contribution >= 0.6 is 11.8 Å². The Balaban J connectivity index is 1.53. The molecule has 0 saturated carbocycles. The van der Waals surface area contributed by atoms with Gasteiger partial charge in [0.2, 0.25) is 0 Å². The molecule has 3 aliphatic heterocycles. The van der Waals surface area contributed by atoms with Gasteiger partial charge in [-0.2, -0.15) is 11.8 Å². The standard InChI is InChI=1S/C22H31N3O2S/c1-17(2)25-20(26)22(10-13-23(14-11-22)19-9-15-28-16-19)24(21(25)27)12-8-18-6-4-3-5-7-18/h3-7,17,19H,8-16H2,1-2H3. The lowest BCUT2D eigenvalue weighted by Gasteiger charge is -2.44. The Morgan fingerprint density at radius 3 is 2.46 bits per heavy atom. The molecule has 5 nitrogen and oxygen atoms in total. The maximum absolute atomic E-state index is 13.4. The minimum atomic E-state index is -0.640. The SMILES string of the molecule is CC(C)N1C(=O)N(CCc2ccccc2)C2(CCN(C3CCSC3)CC2)C1=O. The first-order chi connectivity index (χ1) is 13.5. The molecule has 0 N–H and O–H groups in total. The lowest BCUT2D eigenvalue weighted by atomic mass is 9.84. The number of hydrogen-bond acceptors (Lipinski definition) is 4. The summed E-state index contributed by atoms with van der Waals surface area (Å²) < 4.78 is 0. The molecule has 0 radical (unpaired) electrons. The molecule has 3 heterocycles. The number of piperidine rings is 1. The molecule has 0 aromatic heterocycles. The monoisotopic (exact) mass is 401 g/mol. The smallest absolute Gasteiger partial charge is 0.309 e. The topological polar surface area (TPSA) is 43.9 Å². The first kappa shape index (κ1) is 19.8. The van der Waals surface area contributed by atoms with Crippen LogP contribution in [-0.4, -0.2) is 75.4 Å². The zero-order valence-electron chi connectivity index (χ0n) is 17.0. The molecule has 0 aliphatic carbocycles. The van der Waals surface area contributed by atoms with Crippen LogP contribution in [-0.2, 0) is 11.2 Å². The summed E-state index contributed by atoms with van der Waals surface area (Å²) >= 11 is 2.03. The predicted molar refractivity (Wildman–Crippen MR) is 113 cm³/mol. The molecule has 3 amide bonds. The van der Waals surface area contributed by atoms with Crippen molar-refractivity contribution in [2.45, 2.75) is 57.2 Å². The number of amides is 3. The molecule has 1 aromatic rings. The average Bonchev–Trinajstić information content (AvgIpc) is 3.29. The lowest BCUT2D eigenvalue weighted by molar-refractivity contribution is -0.136. The highest BCUT2D eigenvalue weighted by Gasteiger charge is 2.58. The number of likely N-dealkylation sites (tertiary alicyclic amines) is 1. The zero-order chi connectivity index (χ0) is 19.7.